The maximum atomic E-state index is 11.7. The van der Waals surface area contributed by atoms with Crippen molar-refractivity contribution in [1.82, 2.24) is 4.98 Å². The third kappa shape index (κ3) is 3.48. The number of nitrogens with one attached hydrogen (secondary N) is 1. The Hall–Kier alpha value is -1.53. The first kappa shape index (κ1) is 12.9. The average Bonchev–Trinajstić information content (AvgIpc) is 2.76. The number of thiazole rings is 1. The van der Waals surface area contributed by atoms with Crippen molar-refractivity contribution >= 4 is 40.4 Å². The molecular formula is C12H13N3OS2. The topological polar surface area (TPSA) is 68.0 Å². The van der Waals surface area contributed by atoms with Gasteiger partial charge in [-0.25, -0.2) is 4.98 Å². The molecule has 1 amide bonds. The maximum Gasteiger partial charge on any atom is 0.234 e. The van der Waals surface area contributed by atoms with Gasteiger partial charge in [-0.2, -0.15) is 0 Å². The zero-order valence-electron chi connectivity index (χ0n) is 9.84. The van der Waals surface area contributed by atoms with Crippen molar-refractivity contribution in [2.75, 3.05) is 16.8 Å². The van der Waals surface area contributed by atoms with E-state index in [1.165, 1.54) is 11.8 Å². The van der Waals surface area contributed by atoms with Gasteiger partial charge < -0.3 is 11.1 Å². The number of aryl methyl sites for hydroxylation is 1. The molecule has 2 rings (SSSR count). The molecule has 0 aliphatic carbocycles. The number of nitrogens with zero attached hydrogens (tertiary/aromatic N) is 1. The zero-order chi connectivity index (χ0) is 13.0. The van der Waals surface area contributed by atoms with Crippen molar-refractivity contribution in [3.05, 3.63) is 35.3 Å². The molecule has 94 valence electrons. The standard InChI is InChI=1S/C12H13N3OS2/c1-8-6-17-12(14-8)18-7-11(16)15-10-5-3-2-4-9(10)13/h2-6H,7,13H2,1H3,(H,15,16). The number of anilines is 2. The van der Waals surface area contributed by atoms with Crippen molar-refractivity contribution < 1.29 is 4.79 Å². The van der Waals surface area contributed by atoms with Crippen LogP contribution in [0, 0.1) is 6.92 Å². The first-order valence-corrected chi connectivity index (χ1v) is 7.21. The molecule has 1 heterocycles. The fourth-order valence-electron chi connectivity index (χ4n) is 1.32. The molecule has 0 saturated heterocycles. The average molecular weight is 279 g/mol. The molecule has 2 aromatic rings. The van der Waals surface area contributed by atoms with Gasteiger partial charge in [-0.3, -0.25) is 4.79 Å². The molecule has 1 aromatic heterocycles. The molecular weight excluding hydrogens is 266 g/mol. The summed E-state index contributed by atoms with van der Waals surface area (Å²) >= 11 is 2.98. The predicted octanol–water partition coefficient (Wildman–Crippen LogP) is 2.76. The number of hydrogen-bond acceptors (Lipinski definition) is 5. The van der Waals surface area contributed by atoms with E-state index in [2.05, 4.69) is 10.3 Å². The van der Waals surface area contributed by atoms with Crippen LogP contribution >= 0.6 is 23.1 Å². The molecule has 0 saturated carbocycles. The van der Waals surface area contributed by atoms with Crippen LogP contribution in [0.25, 0.3) is 0 Å². The van der Waals surface area contributed by atoms with Crippen LogP contribution in [0.5, 0.6) is 0 Å². The monoisotopic (exact) mass is 279 g/mol. The molecule has 0 bridgehead atoms. The van der Waals surface area contributed by atoms with Crippen LogP contribution in [-0.4, -0.2) is 16.6 Å². The van der Waals surface area contributed by atoms with Crippen molar-refractivity contribution in [2.45, 2.75) is 11.3 Å². The van der Waals surface area contributed by atoms with Crippen molar-refractivity contribution in [1.29, 1.82) is 0 Å². The minimum Gasteiger partial charge on any atom is -0.397 e. The van der Waals surface area contributed by atoms with Crippen LogP contribution in [0.15, 0.2) is 34.0 Å². The lowest BCUT2D eigenvalue weighted by molar-refractivity contribution is -0.113. The fraction of sp³-hybridized carbons (Fsp3) is 0.167. The van der Waals surface area contributed by atoms with Gasteiger partial charge >= 0.3 is 0 Å². The first-order chi connectivity index (χ1) is 8.65. The molecule has 4 nitrogen and oxygen atoms in total. The summed E-state index contributed by atoms with van der Waals surface area (Å²) in [6, 6.07) is 7.21. The number of benzene rings is 1. The number of thioether (sulfide) groups is 1. The third-order valence-corrected chi connectivity index (χ3v) is 4.30. The summed E-state index contributed by atoms with van der Waals surface area (Å²) in [4.78, 5) is 16.0. The van der Waals surface area contributed by atoms with Crippen molar-refractivity contribution in [3.63, 3.8) is 0 Å². The molecule has 0 radical (unpaired) electrons. The highest BCUT2D eigenvalue weighted by molar-refractivity contribution is 8.01. The number of rotatable bonds is 4. The summed E-state index contributed by atoms with van der Waals surface area (Å²) in [7, 11) is 0. The summed E-state index contributed by atoms with van der Waals surface area (Å²) in [5.41, 5.74) is 7.95. The van der Waals surface area contributed by atoms with E-state index in [0.29, 0.717) is 17.1 Å². The lowest BCUT2D eigenvalue weighted by Gasteiger charge is -2.06. The number of hydrogen-bond donors (Lipinski definition) is 2. The molecule has 6 heteroatoms. The number of para-hydroxylation sites is 2. The summed E-state index contributed by atoms with van der Waals surface area (Å²) in [6.45, 7) is 1.94. The van der Waals surface area contributed by atoms with E-state index in [4.69, 9.17) is 5.73 Å². The molecule has 0 spiro atoms. The van der Waals surface area contributed by atoms with Crippen LogP contribution in [0.1, 0.15) is 5.69 Å². The number of aromatic nitrogens is 1. The summed E-state index contributed by atoms with van der Waals surface area (Å²) in [6.07, 6.45) is 0. The van der Waals surface area contributed by atoms with E-state index in [0.717, 1.165) is 10.0 Å². The number of carbonyl (C=O) groups excluding carboxylic acids is 1. The number of nitrogens with two attached hydrogens (primary N) is 1. The van der Waals surface area contributed by atoms with E-state index in [-0.39, 0.29) is 5.91 Å². The second-order valence-corrected chi connectivity index (χ2v) is 5.76. The van der Waals surface area contributed by atoms with Gasteiger partial charge in [0.25, 0.3) is 0 Å². The highest BCUT2D eigenvalue weighted by Crippen LogP contribution is 2.23. The molecule has 0 aliphatic heterocycles. The number of carbonyl (C=O) groups is 1. The van der Waals surface area contributed by atoms with Crippen LogP contribution in [0.2, 0.25) is 0 Å². The minimum absolute atomic E-state index is 0.0780. The summed E-state index contributed by atoms with van der Waals surface area (Å²) < 4.78 is 0.906. The number of amides is 1. The second kappa shape index (κ2) is 5.88. The molecule has 1 aromatic carbocycles. The fourth-order valence-corrected chi connectivity index (χ4v) is 2.97. The Morgan fingerprint density at radius 1 is 1.50 bits per heavy atom. The van der Waals surface area contributed by atoms with Crippen LogP contribution < -0.4 is 11.1 Å². The SMILES string of the molecule is Cc1csc(SCC(=O)Nc2ccccc2N)n1. The Labute approximate surface area is 114 Å². The highest BCUT2D eigenvalue weighted by Gasteiger charge is 2.07. The van der Waals surface area contributed by atoms with Gasteiger partial charge in [0.15, 0.2) is 4.34 Å². The van der Waals surface area contributed by atoms with Gasteiger partial charge in [-0.05, 0) is 19.1 Å². The van der Waals surface area contributed by atoms with Gasteiger partial charge in [0.1, 0.15) is 0 Å². The highest BCUT2D eigenvalue weighted by atomic mass is 32.2. The molecule has 0 unspecified atom stereocenters. The molecule has 0 fully saturated rings. The second-order valence-electron chi connectivity index (χ2n) is 3.68. The molecule has 18 heavy (non-hydrogen) atoms. The Bertz CT molecular complexity index is 554. The van der Waals surface area contributed by atoms with Gasteiger partial charge in [0.05, 0.1) is 17.1 Å². The zero-order valence-corrected chi connectivity index (χ0v) is 11.5. The van der Waals surface area contributed by atoms with Crippen LogP contribution in [0.3, 0.4) is 0 Å². The van der Waals surface area contributed by atoms with Crippen LogP contribution in [-0.2, 0) is 4.79 Å². The summed E-state index contributed by atoms with van der Waals surface area (Å²) in [5.74, 6) is 0.257. The van der Waals surface area contributed by atoms with Gasteiger partial charge in [-0.15, -0.1) is 11.3 Å². The van der Waals surface area contributed by atoms with E-state index in [9.17, 15) is 4.79 Å². The molecule has 0 atom stereocenters. The van der Waals surface area contributed by atoms with E-state index in [1.807, 2.05) is 24.4 Å². The van der Waals surface area contributed by atoms with E-state index < -0.39 is 0 Å². The number of nitrogen functional groups attached to an aromatic ring is 1. The lowest BCUT2D eigenvalue weighted by atomic mass is 10.3. The Kier molecular flexibility index (Phi) is 4.22. The third-order valence-electron chi connectivity index (χ3n) is 2.16. The molecule has 3 N–H and O–H groups in total. The van der Waals surface area contributed by atoms with Gasteiger partial charge in [0, 0.05) is 11.1 Å². The lowest BCUT2D eigenvalue weighted by Crippen LogP contribution is -2.15. The Morgan fingerprint density at radius 3 is 2.94 bits per heavy atom. The van der Waals surface area contributed by atoms with Gasteiger partial charge in [-0.1, -0.05) is 23.9 Å². The van der Waals surface area contributed by atoms with E-state index in [1.54, 1.807) is 23.5 Å². The van der Waals surface area contributed by atoms with Crippen LogP contribution in [0.4, 0.5) is 11.4 Å². The maximum absolute atomic E-state index is 11.7. The smallest absolute Gasteiger partial charge is 0.234 e. The minimum atomic E-state index is -0.0780. The quantitative estimate of drug-likeness (QED) is 0.667. The summed E-state index contributed by atoms with van der Waals surface area (Å²) in [5, 5.41) is 4.75. The van der Waals surface area contributed by atoms with E-state index >= 15 is 0 Å². The van der Waals surface area contributed by atoms with Crippen molar-refractivity contribution in [2.24, 2.45) is 0 Å². The van der Waals surface area contributed by atoms with Gasteiger partial charge in [0.2, 0.25) is 5.91 Å². The largest absolute Gasteiger partial charge is 0.397 e. The molecule has 0 aliphatic rings. The Balaban J connectivity index is 1.88. The normalized spacial score (nSPS) is 10.3. The predicted molar refractivity (Wildman–Crippen MR) is 77.1 cm³/mol. The first-order valence-electron chi connectivity index (χ1n) is 5.34. The Morgan fingerprint density at radius 2 is 2.28 bits per heavy atom. The van der Waals surface area contributed by atoms with Crippen molar-refractivity contribution in [3.8, 4) is 0 Å².